The Balaban J connectivity index is 2.57. The second-order valence-electron chi connectivity index (χ2n) is 4.56. The van der Waals surface area contributed by atoms with E-state index in [1.807, 2.05) is 12.3 Å². The van der Waals surface area contributed by atoms with Crippen molar-refractivity contribution < 1.29 is 9.84 Å². The van der Waals surface area contributed by atoms with Crippen molar-refractivity contribution >= 4 is 0 Å². The summed E-state index contributed by atoms with van der Waals surface area (Å²) < 4.78 is 5.18. The van der Waals surface area contributed by atoms with E-state index in [1.54, 1.807) is 0 Å². The van der Waals surface area contributed by atoms with Crippen LogP contribution in [0.15, 0.2) is 18.3 Å². The summed E-state index contributed by atoms with van der Waals surface area (Å²) in [7, 11) is 0. The fraction of sp³-hybridized carbons (Fsp3) is 0.583. The van der Waals surface area contributed by atoms with Crippen LogP contribution in [-0.2, 0) is 16.8 Å². The zero-order valence-corrected chi connectivity index (χ0v) is 9.66. The van der Waals surface area contributed by atoms with Crippen molar-refractivity contribution in [2.24, 2.45) is 0 Å². The summed E-state index contributed by atoms with van der Waals surface area (Å²) in [6, 6.07) is 4.04. The number of hydrogen-bond acceptors (Lipinski definition) is 3. The number of nitrogens with zero attached hydrogens (tertiary/aromatic N) is 1. The van der Waals surface area contributed by atoms with Gasteiger partial charge in [-0.2, -0.15) is 0 Å². The maximum Gasteiger partial charge on any atom is 0.0889 e. The van der Waals surface area contributed by atoms with Gasteiger partial charge in [-0.05, 0) is 17.0 Å². The van der Waals surface area contributed by atoms with Crippen LogP contribution in [-0.4, -0.2) is 23.3 Å². The Morgan fingerprint density at radius 2 is 2.07 bits per heavy atom. The number of ether oxygens (including phenoxy) is 1. The van der Waals surface area contributed by atoms with E-state index < -0.39 is 0 Å². The van der Waals surface area contributed by atoms with Crippen LogP contribution in [0.3, 0.4) is 0 Å². The van der Waals surface area contributed by atoms with Crippen LogP contribution in [0.4, 0.5) is 0 Å². The first kappa shape index (κ1) is 12.1. The lowest BCUT2D eigenvalue weighted by Crippen LogP contribution is -2.11. The first-order valence-corrected chi connectivity index (χ1v) is 5.18. The smallest absolute Gasteiger partial charge is 0.0889 e. The van der Waals surface area contributed by atoms with Crippen molar-refractivity contribution in [3.8, 4) is 0 Å². The molecule has 1 rings (SSSR count). The van der Waals surface area contributed by atoms with E-state index in [2.05, 4.69) is 31.8 Å². The highest BCUT2D eigenvalue weighted by atomic mass is 16.5. The molecule has 0 atom stereocenters. The Bertz CT molecular complexity index is 287. The van der Waals surface area contributed by atoms with Gasteiger partial charge in [0, 0.05) is 6.20 Å². The number of pyridine rings is 1. The summed E-state index contributed by atoms with van der Waals surface area (Å²) in [4.78, 5) is 4.31. The number of aliphatic hydroxyl groups excluding tert-OH is 1. The van der Waals surface area contributed by atoms with Gasteiger partial charge in [-0.15, -0.1) is 0 Å². The van der Waals surface area contributed by atoms with Gasteiger partial charge in [0.1, 0.15) is 0 Å². The number of hydrogen-bond donors (Lipinski definition) is 1. The minimum Gasteiger partial charge on any atom is -0.394 e. The van der Waals surface area contributed by atoms with Crippen molar-refractivity contribution in [1.29, 1.82) is 0 Å². The second-order valence-corrected chi connectivity index (χ2v) is 4.56. The van der Waals surface area contributed by atoms with Crippen LogP contribution in [0.25, 0.3) is 0 Å². The molecule has 1 aromatic heterocycles. The Labute approximate surface area is 91.1 Å². The molecule has 15 heavy (non-hydrogen) atoms. The molecule has 0 saturated heterocycles. The topological polar surface area (TPSA) is 42.4 Å². The molecule has 0 radical (unpaired) electrons. The fourth-order valence-electron chi connectivity index (χ4n) is 1.19. The molecule has 0 saturated carbocycles. The van der Waals surface area contributed by atoms with Gasteiger partial charge in [0.2, 0.25) is 0 Å². The van der Waals surface area contributed by atoms with E-state index >= 15 is 0 Å². The van der Waals surface area contributed by atoms with E-state index in [4.69, 9.17) is 9.84 Å². The van der Waals surface area contributed by atoms with Crippen LogP contribution < -0.4 is 0 Å². The first-order chi connectivity index (χ1) is 7.04. The average molecular weight is 209 g/mol. The molecule has 1 aromatic rings. The van der Waals surface area contributed by atoms with E-state index in [-0.39, 0.29) is 12.0 Å². The monoisotopic (exact) mass is 209 g/mol. The van der Waals surface area contributed by atoms with E-state index in [0.717, 1.165) is 5.69 Å². The van der Waals surface area contributed by atoms with Crippen molar-refractivity contribution in [3.63, 3.8) is 0 Å². The molecule has 0 spiro atoms. The molecule has 0 fully saturated rings. The lowest BCUT2D eigenvalue weighted by Gasteiger charge is -2.18. The van der Waals surface area contributed by atoms with Gasteiger partial charge in [0.15, 0.2) is 0 Å². The number of aromatic nitrogens is 1. The molecule has 0 aliphatic carbocycles. The molecule has 84 valence electrons. The summed E-state index contributed by atoms with van der Waals surface area (Å²) in [5, 5.41) is 8.55. The maximum absolute atomic E-state index is 8.55. The minimum absolute atomic E-state index is 0.0556. The average Bonchev–Trinajstić information content (AvgIpc) is 2.18. The number of rotatable bonds is 4. The molecule has 0 bridgehead atoms. The largest absolute Gasteiger partial charge is 0.394 e. The van der Waals surface area contributed by atoms with Gasteiger partial charge in [-0.1, -0.05) is 26.8 Å². The van der Waals surface area contributed by atoms with Gasteiger partial charge in [0.25, 0.3) is 0 Å². The third kappa shape index (κ3) is 3.98. The summed E-state index contributed by atoms with van der Waals surface area (Å²) in [6.45, 7) is 7.36. The van der Waals surface area contributed by atoms with Gasteiger partial charge in [0.05, 0.1) is 25.5 Å². The third-order valence-electron chi connectivity index (χ3n) is 2.18. The highest BCUT2D eigenvalue weighted by Gasteiger charge is 2.13. The first-order valence-electron chi connectivity index (χ1n) is 5.18. The molecule has 0 unspecified atom stereocenters. The van der Waals surface area contributed by atoms with E-state index in [9.17, 15) is 0 Å². The second kappa shape index (κ2) is 5.24. The van der Waals surface area contributed by atoms with Crippen LogP contribution in [0.5, 0.6) is 0 Å². The highest BCUT2D eigenvalue weighted by Crippen LogP contribution is 2.20. The predicted octanol–water partition coefficient (Wildman–Crippen LogP) is 1.89. The van der Waals surface area contributed by atoms with Gasteiger partial charge >= 0.3 is 0 Å². The van der Waals surface area contributed by atoms with Crippen LogP contribution >= 0.6 is 0 Å². The maximum atomic E-state index is 8.55. The Morgan fingerprint density at radius 1 is 1.33 bits per heavy atom. The Hall–Kier alpha value is -0.930. The lowest BCUT2D eigenvalue weighted by atomic mass is 9.88. The van der Waals surface area contributed by atoms with Crippen LogP contribution in [0.1, 0.15) is 32.0 Å². The summed E-state index contributed by atoms with van der Waals surface area (Å²) in [5.41, 5.74) is 2.25. The normalized spacial score (nSPS) is 11.7. The van der Waals surface area contributed by atoms with Crippen molar-refractivity contribution in [2.75, 3.05) is 13.2 Å². The molecule has 3 nitrogen and oxygen atoms in total. The van der Waals surface area contributed by atoms with Gasteiger partial charge in [-0.3, -0.25) is 4.98 Å². The molecule has 0 amide bonds. The minimum atomic E-state index is 0.0556. The summed E-state index contributed by atoms with van der Waals surface area (Å²) >= 11 is 0. The quantitative estimate of drug-likeness (QED) is 0.770. The zero-order valence-electron chi connectivity index (χ0n) is 9.66. The van der Waals surface area contributed by atoms with E-state index in [1.165, 1.54) is 5.56 Å². The molecule has 0 aliphatic rings. The highest BCUT2D eigenvalue weighted by molar-refractivity contribution is 5.20. The molecule has 1 N–H and O–H groups in total. The molecule has 0 aromatic carbocycles. The molecule has 3 heteroatoms. The summed E-state index contributed by atoms with van der Waals surface area (Å²) in [6.07, 6.45) is 1.89. The molecule has 1 heterocycles. The van der Waals surface area contributed by atoms with Gasteiger partial charge in [-0.25, -0.2) is 0 Å². The molecular formula is C12H19NO2. The Morgan fingerprint density at radius 3 is 2.53 bits per heavy atom. The van der Waals surface area contributed by atoms with Crippen LogP contribution in [0, 0.1) is 0 Å². The van der Waals surface area contributed by atoms with Crippen molar-refractivity contribution in [1.82, 2.24) is 4.98 Å². The fourth-order valence-corrected chi connectivity index (χ4v) is 1.19. The van der Waals surface area contributed by atoms with Crippen LogP contribution in [0.2, 0.25) is 0 Å². The van der Waals surface area contributed by atoms with Crippen molar-refractivity contribution in [3.05, 3.63) is 29.6 Å². The molecule has 0 aliphatic heterocycles. The third-order valence-corrected chi connectivity index (χ3v) is 2.18. The molecular weight excluding hydrogens is 190 g/mol. The lowest BCUT2D eigenvalue weighted by molar-refractivity contribution is 0.0797. The standard InChI is InChI=1S/C12H19NO2/c1-12(2,3)10-4-5-11(13-8-10)9-15-7-6-14/h4-5,8,14H,6-7,9H2,1-3H3. The SMILES string of the molecule is CC(C)(C)c1ccc(COCCO)nc1. The van der Waals surface area contributed by atoms with Crippen molar-refractivity contribution in [2.45, 2.75) is 32.8 Å². The zero-order chi connectivity index (χ0) is 11.3. The van der Waals surface area contributed by atoms with E-state index in [0.29, 0.717) is 13.2 Å². The number of aliphatic hydroxyl groups is 1. The summed E-state index contributed by atoms with van der Waals surface area (Å²) in [5.74, 6) is 0. The van der Waals surface area contributed by atoms with Gasteiger partial charge < -0.3 is 9.84 Å². The predicted molar refractivity (Wildman–Crippen MR) is 59.7 cm³/mol. The Kier molecular flexibility index (Phi) is 4.24.